The van der Waals surface area contributed by atoms with Gasteiger partial charge in [0.05, 0.1) is 11.1 Å². The van der Waals surface area contributed by atoms with Crippen LogP contribution in [0, 0.1) is 24.0 Å². The van der Waals surface area contributed by atoms with Crippen LogP contribution in [0.15, 0.2) is 59.8 Å². The molecule has 0 aliphatic rings. The summed E-state index contributed by atoms with van der Waals surface area (Å²) in [4.78, 5) is 17.8. The van der Waals surface area contributed by atoms with Crippen LogP contribution in [0.2, 0.25) is 0 Å². The van der Waals surface area contributed by atoms with E-state index >= 15 is 0 Å². The third kappa shape index (κ3) is 4.63. The van der Waals surface area contributed by atoms with Crippen molar-refractivity contribution in [3.05, 3.63) is 87.2 Å². The molecule has 0 bridgehead atoms. The topological polar surface area (TPSA) is 72.9 Å². The van der Waals surface area contributed by atoms with Crippen molar-refractivity contribution >= 4 is 17.6 Å². The van der Waals surface area contributed by atoms with Gasteiger partial charge in [-0.2, -0.15) is 0 Å². The van der Waals surface area contributed by atoms with Crippen LogP contribution in [0.4, 0.5) is 11.4 Å². The maximum absolute atomic E-state index is 10.8. The molecular formula is C22H24N4O3. The van der Waals surface area contributed by atoms with Gasteiger partial charge in [-0.3, -0.25) is 10.1 Å². The Morgan fingerprint density at radius 1 is 1.14 bits per heavy atom. The molecule has 0 spiro atoms. The van der Waals surface area contributed by atoms with Gasteiger partial charge in [0.15, 0.2) is 0 Å². The summed E-state index contributed by atoms with van der Waals surface area (Å²) in [6.45, 7) is 4.26. The molecule has 0 radical (unpaired) electrons. The van der Waals surface area contributed by atoms with Gasteiger partial charge in [0.1, 0.15) is 6.61 Å². The van der Waals surface area contributed by atoms with E-state index in [1.54, 1.807) is 18.3 Å². The SMILES string of the molecule is Cc1cc(/C=N\OCc2cccc([N+](=O)[O-])c2)c(C)n1-c1ccc(N(C)C)cc1. The van der Waals surface area contributed by atoms with Gasteiger partial charge in [-0.25, -0.2) is 0 Å². The van der Waals surface area contributed by atoms with Crippen LogP contribution in [0.5, 0.6) is 0 Å². The van der Waals surface area contributed by atoms with Crippen molar-refractivity contribution in [2.75, 3.05) is 19.0 Å². The zero-order valence-electron chi connectivity index (χ0n) is 17.0. The minimum atomic E-state index is -0.424. The van der Waals surface area contributed by atoms with Crippen molar-refractivity contribution in [3.63, 3.8) is 0 Å². The van der Waals surface area contributed by atoms with E-state index in [4.69, 9.17) is 4.84 Å². The zero-order valence-corrected chi connectivity index (χ0v) is 17.0. The van der Waals surface area contributed by atoms with Crippen LogP contribution in [0.1, 0.15) is 22.5 Å². The first kappa shape index (κ1) is 20.1. The molecule has 0 N–H and O–H groups in total. The van der Waals surface area contributed by atoms with Crippen LogP contribution in [0.25, 0.3) is 5.69 Å². The molecular weight excluding hydrogens is 368 g/mol. The van der Waals surface area contributed by atoms with E-state index in [0.29, 0.717) is 5.56 Å². The van der Waals surface area contributed by atoms with E-state index in [1.807, 2.05) is 27.9 Å². The molecule has 0 atom stereocenters. The minimum absolute atomic E-state index is 0.0407. The van der Waals surface area contributed by atoms with Gasteiger partial charge in [-0.05, 0) is 49.7 Å². The Balaban J connectivity index is 1.71. The van der Waals surface area contributed by atoms with Crippen molar-refractivity contribution in [1.82, 2.24) is 4.57 Å². The first-order valence-corrected chi connectivity index (χ1v) is 9.22. The Morgan fingerprint density at radius 3 is 2.52 bits per heavy atom. The predicted molar refractivity (Wildman–Crippen MR) is 115 cm³/mol. The van der Waals surface area contributed by atoms with Gasteiger partial charge in [0.2, 0.25) is 0 Å². The number of oxime groups is 1. The van der Waals surface area contributed by atoms with E-state index < -0.39 is 4.92 Å². The van der Waals surface area contributed by atoms with Gasteiger partial charge in [0, 0.05) is 54.6 Å². The average molecular weight is 392 g/mol. The smallest absolute Gasteiger partial charge is 0.269 e. The van der Waals surface area contributed by atoms with E-state index in [1.165, 1.54) is 12.1 Å². The van der Waals surface area contributed by atoms with E-state index in [0.717, 1.165) is 28.3 Å². The molecule has 7 heteroatoms. The molecule has 150 valence electrons. The highest BCUT2D eigenvalue weighted by atomic mass is 16.6. The fourth-order valence-electron chi connectivity index (χ4n) is 3.18. The lowest BCUT2D eigenvalue weighted by Crippen LogP contribution is -2.08. The molecule has 0 aliphatic heterocycles. The highest BCUT2D eigenvalue weighted by molar-refractivity contribution is 5.81. The quantitative estimate of drug-likeness (QED) is 0.334. The number of rotatable bonds is 7. The summed E-state index contributed by atoms with van der Waals surface area (Å²) in [5.41, 5.74) is 6.08. The third-order valence-electron chi connectivity index (χ3n) is 4.71. The summed E-state index contributed by atoms with van der Waals surface area (Å²) < 4.78 is 2.17. The maximum atomic E-state index is 10.8. The molecule has 0 fully saturated rings. The molecule has 3 aromatic rings. The summed E-state index contributed by atoms with van der Waals surface area (Å²) in [7, 11) is 4.03. The highest BCUT2D eigenvalue weighted by Crippen LogP contribution is 2.22. The van der Waals surface area contributed by atoms with Crippen LogP contribution >= 0.6 is 0 Å². The van der Waals surface area contributed by atoms with Crippen molar-refractivity contribution in [3.8, 4) is 5.69 Å². The number of non-ortho nitro benzene ring substituents is 1. The third-order valence-corrected chi connectivity index (χ3v) is 4.71. The number of nitrogens with zero attached hydrogens (tertiary/aromatic N) is 4. The standard InChI is InChI=1S/C22H24N4O3/c1-16-12-19(14-23-29-15-18-6-5-7-22(13-18)26(27)28)17(2)25(16)21-10-8-20(9-11-21)24(3)4/h5-14H,15H2,1-4H3/b23-14-. The highest BCUT2D eigenvalue weighted by Gasteiger charge is 2.10. The minimum Gasteiger partial charge on any atom is -0.391 e. The first-order valence-electron chi connectivity index (χ1n) is 9.22. The monoisotopic (exact) mass is 392 g/mol. The summed E-state index contributed by atoms with van der Waals surface area (Å²) in [5.74, 6) is 0. The molecule has 0 saturated heterocycles. The molecule has 1 heterocycles. The van der Waals surface area contributed by atoms with Crippen LogP contribution < -0.4 is 4.90 Å². The van der Waals surface area contributed by atoms with Crippen molar-refractivity contribution in [2.24, 2.45) is 5.16 Å². The number of anilines is 1. The fourth-order valence-corrected chi connectivity index (χ4v) is 3.18. The van der Waals surface area contributed by atoms with E-state index in [2.05, 4.69) is 45.0 Å². The Hall–Kier alpha value is -3.61. The normalized spacial score (nSPS) is 11.0. The summed E-state index contributed by atoms with van der Waals surface area (Å²) in [5, 5.41) is 14.9. The van der Waals surface area contributed by atoms with Gasteiger partial charge in [0.25, 0.3) is 5.69 Å². The Kier molecular flexibility index (Phi) is 5.97. The number of hydrogen-bond donors (Lipinski definition) is 0. The number of benzene rings is 2. The molecule has 2 aromatic carbocycles. The van der Waals surface area contributed by atoms with Crippen LogP contribution in [-0.2, 0) is 11.4 Å². The Morgan fingerprint density at radius 2 is 1.86 bits per heavy atom. The molecule has 0 amide bonds. The van der Waals surface area contributed by atoms with Gasteiger partial charge in [-0.1, -0.05) is 17.3 Å². The molecule has 29 heavy (non-hydrogen) atoms. The fraction of sp³-hybridized carbons (Fsp3) is 0.227. The van der Waals surface area contributed by atoms with Crippen LogP contribution in [-0.4, -0.2) is 29.8 Å². The predicted octanol–water partition coefficient (Wildman–Crippen LogP) is 4.62. The lowest BCUT2D eigenvalue weighted by Gasteiger charge is -2.14. The lowest BCUT2D eigenvalue weighted by atomic mass is 10.2. The van der Waals surface area contributed by atoms with Crippen molar-refractivity contribution < 1.29 is 9.76 Å². The number of aromatic nitrogens is 1. The summed E-state index contributed by atoms with van der Waals surface area (Å²) >= 11 is 0. The van der Waals surface area contributed by atoms with E-state index in [9.17, 15) is 10.1 Å². The zero-order chi connectivity index (χ0) is 21.0. The Bertz CT molecular complexity index is 1040. The second kappa shape index (κ2) is 8.60. The average Bonchev–Trinajstić information content (AvgIpc) is 2.99. The molecule has 0 saturated carbocycles. The van der Waals surface area contributed by atoms with Crippen LogP contribution in [0.3, 0.4) is 0 Å². The molecule has 0 unspecified atom stereocenters. The molecule has 0 aliphatic carbocycles. The number of nitro benzene ring substituents is 1. The second-order valence-corrected chi connectivity index (χ2v) is 7.01. The lowest BCUT2D eigenvalue weighted by molar-refractivity contribution is -0.384. The largest absolute Gasteiger partial charge is 0.391 e. The Labute approximate surface area is 170 Å². The van der Waals surface area contributed by atoms with E-state index in [-0.39, 0.29) is 12.3 Å². The van der Waals surface area contributed by atoms with Gasteiger partial charge < -0.3 is 14.3 Å². The first-order chi connectivity index (χ1) is 13.9. The molecule has 1 aromatic heterocycles. The second-order valence-electron chi connectivity index (χ2n) is 7.01. The van der Waals surface area contributed by atoms with Crippen molar-refractivity contribution in [1.29, 1.82) is 0 Å². The van der Waals surface area contributed by atoms with Gasteiger partial charge in [-0.15, -0.1) is 0 Å². The summed E-state index contributed by atoms with van der Waals surface area (Å²) in [6, 6.07) is 16.8. The number of hydrogen-bond acceptors (Lipinski definition) is 5. The molecule has 3 rings (SSSR count). The maximum Gasteiger partial charge on any atom is 0.269 e. The van der Waals surface area contributed by atoms with Crippen molar-refractivity contribution in [2.45, 2.75) is 20.5 Å². The number of nitro groups is 1. The molecule has 7 nitrogen and oxygen atoms in total. The van der Waals surface area contributed by atoms with Gasteiger partial charge >= 0.3 is 0 Å². The number of aryl methyl sites for hydroxylation is 1. The summed E-state index contributed by atoms with van der Waals surface area (Å²) in [6.07, 6.45) is 1.67.